The molecule has 0 N–H and O–H groups in total. The molecule has 9 aromatic carbocycles. The molecule has 0 saturated carbocycles. The Kier molecular flexibility index (Phi) is 12.2. The van der Waals surface area contributed by atoms with Crippen LogP contribution in [0.2, 0.25) is 0 Å². The second-order valence-corrected chi connectivity index (χ2v) is 21.1. The smallest absolute Gasteiger partial charge is 0.135 e. The second kappa shape index (κ2) is 19.2. The molecule has 7 nitrogen and oxygen atoms in total. The first-order valence-electron chi connectivity index (χ1n) is 24.8. The van der Waals surface area contributed by atoms with Gasteiger partial charge in [-0.1, -0.05) is 147 Å². The molecular formula is C67H45N6OPtS-3. The van der Waals surface area contributed by atoms with E-state index in [-0.39, 0.29) is 26.5 Å². The molecule has 0 aliphatic carbocycles. The molecule has 76 heavy (non-hydrogen) atoms. The first-order valence-corrected chi connectivity index (χ1v) is 25.7. The molecule has 4 heterocycles. The molecule has 0 spiro atoms. The third kappa shape index (κ3) is 8.37. The third-order valence-corrected chi connectivity index (χ3v) is 15.3. The van der Waals surface area contributed by atoms with Crippen LogP contribution in [-0.4, -0.2) is 9.55 Å². The average Bonchev–Trinajstić information content (AvgIpc) is 4.16. The van der Waals surface area contributed by atoms with E-state index >= 15 is 0 Å². The predicted octanol–water partition coefficient (Wildman–Crippen LogP) is 18.4. The van der Waals surface area contributed by atoms with Gasteiger partial charge in [0.2, 0.25) is 0 Å². The summed E-state index contributed by atoms with van der Waals surface area (Å²) in [7, 11) is 0. The summed E-state index contributed by atoms with van der Waals surface area (Å²) in [6.45, 7) is 19.2. The van der Waals surface area contributed by atoms with Gasteiger partial charge in [-0.15, -0.1) is 54.0 Å². The van der Waals surface area contributed by atoms with Crippen molar-refractivity contribution >= 4 is 81.8 Å². The van der Waals surface area contributed by atoms with Gasteiger partial charge in [-0.3, -0.25) is 4.85 Å². The van der Waals surface area contributed by atoms with Gasteiger partial charge in [-0.2, -0.15) is 11.3 Å². The van der Waals surface area contributed by atoms with Gasteiger partial charge >= 0.3 is 0 Å². The van der Waals surface area contributed by atoms with Gasteiger partial charge in [0.15, 0.2) is 0 Å². The number of ether oxygens (including phenoxy) is 1. The van der Waals surface area contributed by atoms with Crippen molar-refractivity contribution in [3.05, 3.63) is 241 Å². The Morgan fingerprint density at radius 3 is 2.22 bits per heavy atom. The fourth-order valence-corrected chi connectivity index (χ4v) is 11.7. The molecule has 368 valence electrons. The summed E-state index contributed by atoms with van der Waals surface area (Å²) in [6.07, 6.45) is 1.86. The monoisotopic (exact) mass is 1180 g/mol. The standard InChI is InChI=1S/C67H45N6OS.Pt/c1-42-31-32-70-62(33-42)73-59-39-52(27-28-57(59)66-65(73)63-54-18-10-9-15-45(54)25-30-61(63)75-66)74-53-37-50(69-5)36-51(38-53)71-41-72(58-29-26-49(35-60(58)71)67(2,3)4)64-55(46-23-21-43(40-68)22-24-46)19-12-20-56(64)48-17-11-16-47(34-48)44-13-7-6-8-14-44;/h6-37,41H,1-4H3;/q-3;. The van der Waals surface area contributed by atoms with Crippen molar-refractivity contribution in [1.29, 1.82) is 5.26 Å². The van der Waals surface area contributed by atoms with Gasteiger partial charge < -0.3 is 19.1 Å². The number of hydrogen-bond acceptors (Lipinski definition) is 6. The average molecular weight is 1180 g/mol. The van der Waals surface area contributed by atoms with E-state index < -0.39 is 0 Å². The number of nitriles is 1. The Labute approximate surface area is 460 Å². The molecule has 13 rings (SSSR count). The Balaban J connectivity index is 0.00000582. The van der Waals surface area contributed by atoms with Crippen LogP contribution in [-0.2, 0) is 26.5 Å². The summed E-state index contributed by atoms with van der Waals surface area (Å²) >= 11 is 1.78. The fourth-order valence-electron chi connectivity index (χ4n) is 10.5. The molecule has 0 unspecified atom stereocenters. The van der Waals surface area contributed by atoms with Crippen LogP contribution in [0.25, 0.3) is 86.0 Å². The molecule has 0 bridgehead atoms. The number of rotatable bonds is 8. The van der Waals surface area contributed by atoms with Gasteiger partial charge in [0, 0.05) is 81.7 Å². The third-order valence-electron chi connectivity index (χ3n) is 14.2. The van der Waals surface area contributed by atoms with E-state index in [9.17, 15) is 5.26 Å². The van der Waals surface area contributed by atoms with Gasteiger partial charge in [0.1, 0.15) is 5.82 Å². The van der Waals surface area contributed by atoms with E-state index in [0.29, 0.717) is 28.4 Å². The van der Waals surface area contributed by atoms with Crippen LogP contribution in [0.1, 0.15) is 37.5 Å². The number of fused-ring (bicyclic) bond motifs is 8. The molecule has 0 fully saturated rings. The minimum absolute atomic E-state index is 0. The van der Waals surface area contributed by atoms with Crippen LogP contribution in [0.3, 0.4) is 0 Å². The van der Waals surface area contributed by atoms with E-state index in [1.807, 2.05) is 54.7 Å². The number of aromatic nitrogens is 2. The summed E-state index contributed by atoms with van der Waals surface area (Å²) in [4.78, 5) is 13.3. The van der Waals surface area contributed by atoms with Crippen LogP contribution in [0, 0.1) is 43.6 Å². The Hall–Kier alpha value is -8.78. The Morgan fingerprint density at radius 2 is 1.43 bits per heavy atom. The van der Waals surface area contributed by atoms with Crippen molar-refractivity contribution < 1.29 is 25.8 Å². The molecule has 1 aliphatic heterocycles. The molecule has 3 aromatic heterocycles. The summed E-state index contributed by atoms with van der Waals surface area (Å²) in [5.41, 5.74) is 14.8. The zero-order chi connectivity index (χ0) is 51.0. The molecule has 0 amide bonds. The van der Waals surface area contributed by atoms with Crippen LogP contribution in [0.15, 0.2) is 194 Å². The molecule has 12 aromatic rings. The zero-order valence-electron chi connectivity index (χ0n) is 41.9. The summed E-state index contributed by atoms with van der Waals surface area (Å²) in [6, 6.07) is 74.3. The van der Waals surface area contributed by atoms with Crippen LogP contribution in [0.5, 0.6) is 11.5 Å². The normalized spacial score (nSPS) is 12.2. The van der Waals surface area contributed by atoms with E-state index in [1.54, 1.807) is 17.4 Å². The fraction of sp³-hybridized carbons (Fsp3) is 0.0746. The summed E-state index contributed by atoms with van der Waals surface area (Å²) in [5, 5.41) is 14.4. The van der Waals surface area contributed by atoms with Crippen LogP contribution >= 0.6 is 11.3 Å². The first kappa shape index (κ1) is 48.2. The quantitative estimate of drug-likeness (QED) is 0.142. The topological polar surface area (TPSA) is 61.7 Å². The van der Waals surface area contributed by atoms with Gasteiger partial charge in [0.25, 0.3) is 0 Å². The predicted molar refractivity (Wildman–Crippen MR) is 308 cm³/mol. The van der Waals surface area contributed by atoms with Gasteiger partial charge in [-0.25, -0.2) is 4.98 Å². The van der Waals surface area contributed by atoms with Crippen molar-refractivity contribution in [2.24, 2.45) is 0 Å². The summed E-state index contributed by atoms with van der Waals surface area (Å²) in [5.74, 6) is 1.67. The van der Waals surface area contributed by atoms with E-state index in [2.05, 4.69) is 205 Å². The first-order chi connectivity index (χ1) is 36.6. The zero-order valence-corrected chi connectivity index (χ0v) is 45.0. The molecule has 9 heteroatoms. The minimum atomic E-state index is -0.165. The number of thiophene rings is 1. The van der Waals surface area contributed by atoms with Crippen molar-refractivity contribution in [1.82, 2.24) is 9.55 Å². The van der Waals surface area contributed by atoms with E-state index in [0.717, 1.165) is 88.5 Å². The number of para-hydroxylation sites is 1. The number of anilines is 4. The molecule has 0 saturated heterocycles. The minimum Gasteiger partial charge on any atom is -0.510 e. The van der Waals surface area contributed by atoms with Crippen molar-refractivity contribution in [3.8, 4) is 56.8 Å². The van der Waals surface area contributed by atoms with Crippen molar-refractivity contribution in [2.45, 2.75) is 33.1 Å². The van der Waals surface area contributed by atoms with Crippen LogP contribution in [0.4, 0.5) is 28.4 Å². The van der Waals surface area contributed by atoms with Crippen molar-refractivity contribution in [2.75, 3.05) is 9.80 Å². The maximum Gasteiger partial charge on any atom is 0.135 e. The van der Waals surface area contributed by atoms with Crippen molar-refractivity contribution in [3.63, 3.8) is 0 Å². The number of aryl methyl sites for hydroxylation is 1. The molecular weight excluding hydrogens is 1130 g/mol. The van der Waals surface area contributed by atoms with Crippen LogP contribution < -0.4 is 14.5 Å². The number of benzene rings is 9. The van der Waals surface area contributed by atoms with Gasteiger partial charge in [-0.05, 0) is 105 Å². The number of hydrogen-bond donors (Lipinski definition) is 0. The largest absolute Gasteiger partial charge is 0.510 e. The Morgan fingerprint density at radius 1 is 0.671 bits per heavy atom. The van der Waals surface area contributed by atoms with Gasteiger partial charge in [0.05, 0.1) is 29.4 Å². The maximum atomic E-state index is 9.79. The summed E-state index contributed by atoms with van der Waals surface area (Å²) < 4.78 is 11.4. The maximum absolute atomic E-state index is 9.79. The molecule has 0 atom stereocenters. The molecule has 1 aliphatic rings. The number of pyridine rings is 1. The molecule has 0 radical (unpaired) electrons. The number of nitrogens with zero attached hydrogens (tertiary/aromatic N) is 6. The SMILES string of the molecule is [C-]#[N+]c1cc(Oc2[c-]c3c(cc2)c2sc4ccc5ccccc5c4c2n3-c2cc(C)ccn2)[c-]c(N2[CH-]N(c3c(-c4ccc(C#N)cc4)cccc3-c3cccc(-c4ccccc4)c3)c3ccc(C(C)(C)C)cc32)c1.[Pt]. The Bertz CT molecular complexity index is 4350. The van der Waals surface area contributed by atoms with E-state index in [1.165, 1.54) is 20.9 Å². The second-order valence-electron chi connectivity index (χ2n) is 20.0. The van der Waals surface area contributed by atoms with E-state index in [4.69, 9.17) is 16.3 Å².